The van der Waals surface area contributed by atoms with Crippen molar-refractivity contribution in [2.24, 2.45) is 0 Å². The number of hydrogen-bond donors (Lipinski definition) is 3. The van der Waals surface area contributed by atoms with Gasteiger partial charge in [-0.1, -0.05) is 48.0 Å². The van der Waals surface area contributed by atoms with E-state index in [1.165, 1.54) is 0 Å². The molecule has 0 spiro atoms. The molecule has 0 aromatic heterocycles. The molecule has 0 aliphatic rings. The number of rotatable bonds is 9. The maximum Gasteiger partial charge on any atom is 0.251 e. The van der Waals surface area contributed by atoms with Gasteiger partial charge in [0.2, 0.25) is 5.91 Å². The van der Waals surface area contributed by atoms with Crippen LogP contribution in [0.3, 0.4) is 0 Å². The van der Waals surface area contributed by atoms with Crippen LogP contribution in [0.5, 0.6) is 0 Å². The van der Waals surface area contributed by atoms with Crippen LogP contribution in [0.2, 0.25) is 0 Å². The van der Waals surface area contributed by atoms with E-state index in [2.05, 4.69) is 16.0 Å². The maximum atomic E-state index is 12.6. The monoisotopic (exact) mass is 389 g/mol. The van der Waals surface area contributed by atoms with E-state index in [4.69, 9.17) is 0 Å². The van der Waals surface area contributed by atoms with Crippen LogP contribution in [0.4, 0.5) is 0 Å². The van der Waals surface area contributed by atoms with Crippen LogP contribution < -0.4 is 16.0 Å². The molecule has 0 aliphatic carbocycles. The lowest BCUT2D eigenvalue weighted by Gasteiger charge is -2.19. The van der Waals surface area contributed by atoms with Crippen molar-refractivity contribution in [1.82, 2.24) is 16.0 Å². The topological polar surface area (TPSA) is 70.2 Å². The van der Waals surface area contributed by atoms with Gasteiger partial charge in [-0.15, -0.1) is 12.4 Å². The van der Waals surface area contributed by atoms with Gasteiger partial charge in [-0.3, -0.25) is 9.59 Å². The van der Waals surface area contributed by atoms with Crippen LogP contribution in [0.25, 0.3) is 0 Å². The normalized spacial score (nSPS) is 11.2. The Morgan fingerprint density at radius 3 is 2.26 bits per heavy atom. The van der Waals surface area contributed by atoms with E-state index in [-0.39, 0.29) is 36.7 Å². The maximum absolute atomic E-state index is 12.6. The molecule has 1 unspecified atom stereocenters. The smallest absolute Gasteiger partial charge is 0.251 e. The summed E-state index contributed by atoms with van der Waals surface area (Å²) in [4.78, 5) is 24.8. The standard InChI is InChI=1S/C21H27N3O2.ClH/c1-16-9-11-18(12-10-16)21(26)24-19(17-7-4-3-5-8-17)15-20(25)23-14-6-13-22-2;/h3-5,7-12,19,22H,6,13-15H2,1-2H3,(H,23,25)(H,24,26);1H. The number of carbonyl (C=O) groups is 2. The molecule has 0 heterocycles. The third-order valence-corrected chi connectivity index (χ3v) is 4.14. The average Bonchev–Trinajstić information content (AvgIpc) is 2.66. The van der Waals surface area contributed by atoms with Crippen molar-refractivity contribution >= 4 is 24.2 Å². The molecule has 0 radical (unpaired) electrons. The first-order valence-electron chi connectivity index (χ1n) is 8.94. The van der Waals surface area contributed by atoms with E-state index in [1.807, 2.05) is 56.4 Å². The molecule has 5 nitrogen and oxygen atoms in total. The highest BCUT2D eigenvalue weighted by atomic mass is 35.5. The molecule has 0 saturated carbocycles. The number of halogens is 1. The summed E-state index contributed by atoms with van der Waals surface area (Å²) in [5.74, 6) is -0.249. The predicted molar refractivity (Wildman–Crippen MR) is 111 cm³/mol. The lowest BCUT2D eigenvalue weighted by atomic mass is 10.0. The minimum atomic E-state index is -0.366. The molecule has 2 amide bonds. The summed E-state index contributed by atoms with van der Waals surface area (Å²) in [6.45, 7) is 3.45. The lowest BCUT2D eigenvalue weighted by molar-refractivity contribution is -0.121. The largest absolute Gasteiger partial charge is 0.356 e. The highest BCUT2D eigenvalue weighted by molar-refractivity contribution is 5.94. The first-order valence-corrected chi connectivity index (χ1v) is 8.94. The molecule has 0 fully saturated rings. The molecule has 2 aromatic carbocycles. The second-order valence-electron chi connectivity index (χ2n) is 6.31. The number of carbonyl (C=O) groups excluding carboxylic acids is 2. The number of nitrogens with one attached hydrogen (secondary N) is 3. The molecule has 1 atom stereocenters. The summed E-state index contributed by atoms with van der Waals surface area (Å²) in [6, 6.07) is 16.6. The molecular formula is C21H28ClN3O2. The molecule has 0 aliphatic heterocycles. The fraction of sp³-hybridized carbons (Fsp3) is 0.333. The number of hydrogen-bond acceptors (Lipinski definition) is 3. The van der Waals surface area contributed by atoms with Crippen molar-refractivity contribution < 1.29 is 9.59 Å². The van der Waals surface area contributed by atoms with Gasteiger partial charge in [0.25, 0.3) is 5.91 Å². The van der Waals surface area contributed by atoms with Crippen LogP contribution in [-0.4, -0.2) is 32.0 Å². The molecule has 3 N–H and O–H groups in total. The fourth-order valence-electron chi connectivity index (χ4n) is 2.63. The summed E-state index contributed by atoms with van der Waals surface area (Å²) in [6.07, 6.45) is 1.08. The van der Waals surface area contributed by atoms with Crippen LogP contribution in [0.15, 0.2) is 54.6 Å². The second kappa shape index (κ2) is 12.1. The molecule has 146 valence electrons. The van der Waals surface area contributed by atoms with Crippen LogP contribution in [-0.2, 0) is 4.79 Å². The zero-order chi connectivity index (χ0) is 18.8. The Kier molecular flexibility index (Phi) is 10.2. The van der Waals surface area contributed by atoms with Gasteiger partial charge in [-0.05, 0) is 44.6 Å². The van der Waals surface area contributed by atoms with Crippen LogP contribution >= 0.6 is 12.4 Å². The highest BCUT2D eigenvalue weighted by Crippen LogP contribution is 2.17. The highest BCUT2D eigenvalue weighted by Gasteiger charge is 2.19. The zero-order valence-electron chi connectivity index (χ0n) is 15.8. The van der Waals surface area contributed by atoms with Crippen LogP contribution in [0.1, 0.15) is 40.4 Å². The Hall–Kier alpha value is -2.37. The lowest BCUT2D eigenvalue weighted by Crippen LogP contribution is -2.34. The van der Waals surface area contributed by atoms with Gasteiger partial charge >= 0.3 is 0 Å². The number of aryl methyl sites for hydroxylation is 1. The summed E-state index contributed by atoms with van der Waals surface area (Å²) < 4.78 is 0. The van der Waals surface area contributed by atoms with E-state index >= 15 is 0 Å². The Balaban J connectivity index is 0.00000364. The Morgan fingerprint density at radius 2 is 1.63 bits per heavy atom. The van der Waals surface area contributed by atoms with Gasteiger partial charge in [-0.2, -0.15) is 0 Å². The Bertz CT molecular complexity index is 705. The van der Waals surface area contributed by atoms with E-state index in [0.29, 0.717) is 12.1 Å². The van der Waals surface area contributed by atoms with Crippen LogP contribution in [0, 0.1) is 6.92 Å². The fourth-order valence-corrected chi connectivity index (χ4v) is 2.63. The Labute approximate surface area is 167 Å². The molecule has 27 heavy (non-hydrogen) atoms. The molecule has 6 heteroatoms. The van der Waals surface area contributed by atoms with Crippen molar-refractivity contribution in [2.75, 3.05) is 20.1 Å². The van der Waals surface area contributed by atoms with E-state index in [9.17, 15) is 9.59 Å². The first-order chi connectivity index (χ1) is 12.6. The Morgan fingerprint density at radius 1 is 0.963 bits per heavy atom. The average molecular weight is 390 g/mol. The second-order valence-corrected chi connectivity index (χ2v) is 6.31. The van der Waals surface area contributed by atoms with E-state index in [1.54, 1.807) is 12.1 Å². The molecule has 0 saturated heterocycles. The van der Waals surface area contributed by atoms with Crippen molar-refractivity contribution in [2.45, 2.75) is 25.8 Å². The SMILES string of the molecule is CNCCCNC(=O)CC(NC(=O)c1ccc(C)cc1)c1ccccc1.Cl. The number of amides is 2. The van der Waals surface area contributed by atoms with Gasteiger partial charge in [-0.25, -0.2) is 0 Å². The molecule has 0 bridgehead atoms. The quantitative estimate of drug-likeness (QED) is 0.577. The summed E-state index contributed by atoms with van der Waals surface area (Å²) >= 11 is 0. The van der Waals surface area contributed by atoms with E-state index < -0.39 is 0 Å². The third kappa shape index (κ3) is 7.81. The van der Waals surface area contributed by atoms with Crippen molar-refractivity contribution in [1.29, 1.82) is 0 Å². The minimum absolute atomic E-state index is 0. The summed E-state index contributed by atoms with van der Waals surface area (Å²) in [7, 11) is 1.88. The molecule has 2 aromatic rings. The van der Waals surface area contributed by atoms with E-state index in [0.717, 1.165) is 24.1 Å². The molecule has 2 rings (SSSR count). The van der Waals surface area contributed by atoms with Crippen molar-refractivity contribution in [3.63, 3.8) is 0 Å². The van der Waals surface area contributed by atoms with Crippen molar-refractivity contribution in [3.05, 3.63) is 71.3 Å². The van der Waals surface area contributed by atoms with Gasteiger partial charge in [0.1, 0.15) is 0 Å². The first kappa shape index (κ1) is 22.7. The third-order valence-electron chi connectivity index (χ3n) is 4.14. The number of benzene rings is 2. The zero-order valence-corrected chi connectivity index (χ0v) is 16.6. The van der Waals surface area contributed by atoms with Gasteiger partial charge in [0.05, 0.1) is 12.5 Å². The summed E-state index contributed by atoms with van der Waals surface area (Å²) in [5, 5.41) is 8.95. The van der Waals surface area contributed by atoms with Gasteiger partial charge in [0, 0.05) is 12.1 Å². The van der Waals surface area contributed by atoms with Crippen molar-refractivity contribution in [3.8, 4) is 0 Å². The van der Waals surface area contributed by atoms with Gasteiger partial charge < -0.3 is 16.0 Å². The summed E-state index contributed by atoms with van der Waals surface area (Å²) in [5.41, 5.74) is 2.60. The predicted octanol–water partition coefficient (Wildman–Crippen LogP) is 3.00. The minimum Gasteiger partial charge on any atom is -0.356 e. The van der Waals surface area contributed by atoms with Gasteiger partial charge in [0.15, 0.2) is 0 Å². The molecular weight excluding hydrogens is 362 g/mol.